The first-order chi connectivity index (χ1) is 7.80. The number of rotatable bonds is 3. The molecule has 1 aromatic rings. The van der Waals surface area contributed by atoms with Gasteiger partial charge in [-0.3, -0.25) is 4.79 Å². The average molecular weight is 233 g/mol. The molecule has 0 atom stereocenters. The Hall–Kier alpha value is -1.77. The van der Waals surface area contributed by atoms with Gasteiger partial charge < -0.3 is 10.8 Å². The van der Waals surface area contributed by atoms with Crippen molar-refractivity contribution >= 4 is 5.91 Å². The maximum Gasteiger partial charge on any atom is 0.241 e. The fraction of sp³-hybridized carbons (Fsp3) is 0.357. The van der Waals surface area contributed by atoms with Crippen molar-refractivity contribution in [3.8, 4) is 5.75 Å². The number of primary amides is 1. The summed E-state index contributed by atoms with van der Waals surface area (Å²) in [5, 5.41) is 9.79. The van der Waals surface area contributed by atoms with E-state index in [2.05, 4.69) is 0 Å². The third-order valence-corrected chi connectivity index (χ3v) is 2.50. The molecule has 0 aliphatic rings. The minimum Gasteiger partial charge on any atom is -0.508 e. The second-order valence-electron chi connectivity index (χ2n) is 5.11. The van der Waals surface area contributed by atoms with Crippen LogP contribution in [0.15, 0.2) is 30.4 Å². The molecule has 0 aromatic heterocycles. The number of allylic oxidation sites excluding steroid dienone is 1. The molecule has 1 rings (SSSR count). The Balaban J connectivity index is 2.93. The molecule has 3 nitrogen and oxygen atoms in total. The van der Waals surface area contributed by atoms with Gasteiger partial charge >= 0.3 is 0 Å². The highest BCUT2D eigenvalue weighted by Gasteiger charge is 2.17. The Labute approximate surface area is 102 Å². The highest BCUT2D eigenvalue weighted by Crippen LogP contribution is 2.31. The number of hydrogen-bond donors (Lipinski definition) is 2. The van der Waals surface area contributed by atoms with Crippen molar-refractivity contribution in [1.82, 2.24) is 0 Å². The van der Waals surface area contributed by atoms with Crippen LogP contribution in [0.25, 0.3) is 0 Å². The van der Waals surface area contributed by atoms with Gasteiger partial charge in [0.2, 0.25) is 5.91 Å². The second kappa shape index (κ2) is 5.04. The minimum absolute atomic E-state index is 0.104. The summed E-state index contributed by atoms with van der Waals surface area (Å²) in [4.78, 5) is 10.6. The zero-order valence-electron chi connectivity index (χ0n) is 10.5. The molecular formula is C14H19NO2. The largest absolute Gasteiger partial charge is 0.508 e. The molecule has 1 aromatic carbocycles. The summed E-state index contributed by atoms with van der Waals surface area (Å²) in [6, 6.07) is 5.49. The second-order valence-corrected chi connectivity index (χ2v) is 5.11. The van der Waals surface area contributed by atoms with Gasteiger partial charge in [-0.05, 0) is 35.1 Å². The number of phenolic OH excluding ortho intramolecular Hbond substituents is 1. The summed E-state index contributed by atoms with van der Waals surface area (Å²) in [6.45, 7) is 6.14. The lowest BCUT2D eigenvalue weighted by Gasteiger charge is -2.21. The van der Waals surface area contributed by atoms with Crippen molar-refractivity contribution in [3.05, 3.63) is 41.5 Å². The minimum atomic E-state index is -0.445. The summed E-state index contributed by atoms with van der Waals surface area (Å²) >= 11 is 0. The Morgan fingerprint density at radius 2 is 2.06 bits per heavy atom. The fourth-order valence-corrected chi connectivity index (χ4v) is 1.62. The van der Waals surface area contributed by atoms with E-state index in [1.54, 1.807) is 12.1 Å². The lowest BCUT2D eigenvalue weighted by Crippen LogP contribution is -2.11. The van der Waals surface area contributed by atoms with Crippen LogP contribution in [-0.2, 0) is 16.6 Å². The molecule has 1 amide bonds. The highest BCUT2D eigenvalue weighted by molar-refractivity contribution is 5.85. The van der Waals surface area contributed by atoms with Gasteiger partial charge in [0.25, 0.3) is 0 Å². The number of hydrogen-bond acceptors (Lipinski definition) is 2. The first-order valence-corrected chi connectivity index (χ1v) is 5.59. The smallest absolute Gasteiger partial charge is 0.241 e. The van der Waals surface area contributed by atoms with Gasteiger partial charge in [0.05, 0.1) is 0 Å². The van der Waals surface area contributed by atoms with Crippen molar-refractivity contribution in [3.63, 3.8) is 0 Å². The molecule has 0 spiro atoms. The number of amides is 1. The normalized spacial score (nSPS) is 11.9. The molecule has 3 N–H and O–H groups in total. The first-order valence-electron chi connectivity index (χ1n) is 5.59. The van der Waals surface area contributed by atoms with Crippen molar-refractivity contribution in [2.75, 3.05) is 0 Å². The molecule has 0 unspecified atom stereocenters. The molecule has 0 saturated carbocycles. The zero-order chi connectivity index (χ0) is 13.1. The lowest BCUT2D eigenvalue weighted by molar-refractivity contribution is -0.113. The van der Waals surface area contributed by atoms with Gasteiger partial charge in [-0.1, -0.05) is 39.0 Å². The number of nitrogens with two attached hydrogens (primary N) is 1. The molecule has 17 heavy (non-hydrogen) atoms. The van der Waals surface area contributed by atoms with Crippen molar-refractivity contribution in [2.45, 2.75) is 32.6 Å². The molecule has 0 fully saturated rings. The van der Waals surface area contributed by atoms with Gasteiger partial charge in [-0.25, -0.2) is 0 Å². The van der Waals surface area contributed by atoms with Crippen LogP contribution in [0.3, 0.4) is 0 Å². The molecule has 92 valence electrons. The van der Waals surface area contributed by atoms with E-state index in [-0.39, 0.29) is 5.41 Å². The Bertz CT molecular complexity index is 442. The summed E-state index contributed by atoms with van der Waals surface area (Å²) in [6.07, 6.45) is 3.71. The summed E-state index contributed by atoms with van der Waals surface area (Å²) < 4.78 is 0. The van der Waals surface area contributed by atoms with Crippen LogP contribution >= 0.6 is 0 Å². The van der Waals surface area contributed by atoms with Crippen molar-refractivity contribution < 1.29 is 9.90 Å². The molecule has 0 aliphatic heterocycles. The molecule has 0 heterocycles. The summed E-state index contributed by atoms with van der Waals surface area (Å²) in [7, 11) is 0. The summed E-state index contributed by atoms with van der Waals surface area (Å²) in [5.74, 6) is -0.139. The van der Waals surface area contributed by atoms with Crippen LogP contribution in [0.2, 0.25) is 0 Å². The third-order valence-electron chi connectivity index (χ3n) is 2.50. The SMILES string of the molecule is CC(C)(C)c1cc(CC=CC(N)=O)ccc1O. The standard InChI is InChI=1S/C14H19NO2/c1-14(2,3)11-9-10(7-8-12(11)16)5-4-6-13(15)17/h4,6-9,16H,5H2,1-3H3,(H2,15,17). The van der Waals surface area contributed by atoms with Crippen molar-refractivity contribution in [2.24, 2.45) is 5.73 Å². The van der Waals surface area contributed by atoms with Gasteiger partial charge in [-0.15, -0.1) is 0 Å². The first kappa shape index (κ1) is 13.3. The number of carbonyl (C=O) groups excluding carboxylic acids is 1. The van der Waals surface area contributed by atoms with Crippen LogP contribution < -0.4 is 5.73 Å². The van der Waals surface area contributed by atoms with Crippen LogP contribution in [-0.4, -0.2) is 11.0 Å². The molecule has 0 aliphatic carbocycles. The Morgan fingerprint density at radius 3 is 2.59 bits per heavy atom. The van der Waals surface area contributed by atoms with Crippen LogP contribution in [0, 0.1) is 0 Å². The van der Waals surface area contributed by atoms with E-state index in [4.69, 9.17) is 5.73 Å². The predicted molar refractivity (Wildman–Crippen MR) is 68.8 cm³/mol. The Kier molecular flexibility index (Phi) is 3.94. The van der Waals surface area contributed by atoms with E-state index < -0.39 is 5.91 Å². The topological polar surface area (TPSA) is 63.3 Å². The highest BCUT2D eigenvalue weighted by atomic mass is 16.3. The zero-order valence-corrected chi connectivity index (χ0v) is 10.5. The number of aromatic hydroxyl groups is 1. The maximum absolute atomic E-state index is 10.6. The van der Waals surface area contributed by atoms with E-state index >= 15 is 0 Å². The van der Waals surface area contributed by atoms with Gasteiger partial charge in [0.1, 0.15) is 5.75 Å². The lowest BCUT2D eigenvalue weighted by atomic mass is 9.85. The predicted octanol–water partition coefficient (Wildman–Crippen LogP) is 2.27. The monoisotopic (exact) mass is 233 g/mol. The van der Waals surface area contributed by atoms with Crippen LogP contribution in [0.1, 0.15) is 31.9 Å². The van der Waals surface area contributed by atoms with E-state index in [9.17, 15) is 9.90 Å². The van der Waals surface area contributed by atoms with Gasteiger partial charge in [-0.2, -0.15) is 0 Å². The average Bonchev–Trinajstić information content (AvgIpc) is 2.18. The van der Waals surface area contributed by atoms with E-state index in [1.165, 1.54) is 6.08 Å². The van der Waals surface area contributed by atoms with Gasteiger partial charge in [0.15, 0.2) is 0 Å². The molecule has 3 heteroatoms. The van der Waals surface area contributed by atoms with E-state index in [1.807, 2.05) is 32.9 Å². The Morgan fingerprint density at radius 1 is 1.41 bits per heavy atom. The quantitative estimate of drug-likeness (QED) is 0.787. The third kappa shape index (κ3) is 3.94. The fourth-order valence-electron chi connectivity index (χ4n) is 1.62. The molecule has 0 saturated heterocycles. The van der Waals surface area contributed by atoms with Crippen molar-refractivity contribution in [1.29, 1.82) is 0 Å². The van der Waals surface area contributed by atoms with E-state index in [0.29, 0.717) is 12.2 Å². The molecular weight excluding hydrogens is 214 g/mol. The van der Waals surface area contributed by atoms with Gasteiger partial charge in [0, 0.05) is 0 Å². The number of carbonyl (C=O) groups is 1. The number of phenols is 1. The summed E-state index contributed by atoms with van der Waals surface area (Å²) in [5.41, 5.74) is 6.86. The number of benzene rings is 1. The molecule has 0 radical (unpaired) electrons. The van der Waals surface area contributed by atoms with Crippen LogP contribution in [0.5, 0.6) is 5.75 Å². The molecule has 0 bridgehead atoms. The van der Waals surface area contributed by atoms with Crippen LogP contribution in [0.4, 0.5) is 0 Å². The van der Waals surface area contributed by atoms with E-state index in [0.717, 1.165) is 11.1 Å². The maximum atomic E-state index is 10.6.